The van der Waals surface area contributed by atoms with Gasteiger partial charge in [-0.15, -0.1) is 0 Å². The number of nitrogens with two attached hydrogens (primary N) is 2. The van der Waals surface area contributed by atoms with Gasteiger partial charge in [0, 0.05) is 17.6 Å². The van der Waals surface area contributed by atoms with Crippen molar-refractivity contribution in [2.75, 3.05) is 23.3 Å². The lowest BCUT2D eigenvalue weighted by Gasteiger charge is -2.08. The molecule has 0 saturated carbocycles. The monoisotopic (exact) mass is 281 g/mol. The first-order valence-electron chi connectivity index (χ1n) is 5.70. The van der Waals surface area contributed by atoms with E-state index >= 15 is 0 Å². The van der Waals surface area contributed by atoms with Crippen molar-refractivity contribution in [1.29, 1.82) is 0 Å². The second kappa shape index (κ2) is 5.37. The fourth-order valence-electron chi connectivity index (χ4n) is 1.70. The van der Waals surface area contributed by atoms with E-state index in [1.54, 1.807) is 12.1 Å². The molecule has 0 aliphatic carbocycles. The summed E-state index contributed by atoms with van der Waals surface area (Å²) in [6.45, 7) is 0.465. The van der Waals surface area contributed by atoms with Gasteiger partial charge in [-0.25, -0.2) is 23.5 Å². The lowest BCUT2D eigenvalue weighted by molar-refractivity contribution is 0.596. The van der Waals surface area contributed by atoms with Gasteiger partial charge < -0.3 is 11.1 Å². The number of nitrogens with zero attached hydrogens (tertiary/aromatic N) is 2. The largest absolute Gasteiger partial charge is 0.399 e. The van der Waals surface area contributed by atoms with Crippen molar-refractivity contribution in [2.24, 2.45) is 5.14 Å². The smallest absolute Gasteiger partial charge is 0.209 e. The summed E-state index contributed by atoms with van der Waals surface area (Å²) >= 11 is 0. The zero-order chi connectivity index (χ0) is 13.9. The van der Waals surface area contributed by atoms with E-state index in [0.717, 1.165) is 10.9 Å². The number of primary sulfonamides is 1. The Kier molecular flexibility index (Phi) is 3.82. The minimum atomic E-state index is -3.42. The van der Waals surface area contributed by atoms with E-state index in [1.807, 2.05) is 6.07 Å². The Bertz CT molecular complexity index is 687. The Morgan fingerprint density at radius 2 is 2.05 bits per heavy atom. The van der Waals surface area contributed by atoms with E-state index in [0.29, 0.717) is 24.5 Å². The molecule has 0 aliphatic rings. The van der Waals surface area contributed by atoms with Crippen molar-refractivity contribution in [3.05, 3.63) is 24.5 Å². The van der Waals surface area contributed by atoms with Crippen molar-refractivity contribution in [1.82, 2.24) is 9.97 Å². The molecule has 0 radical (unpaired) electrons. The number of hydrogen-bond donors (Lipinski definition) is 3. The first-order chi connectivity index (χ1) is 8.96. The number of nitrogen functional groups attached to an aromatic ring is 1. The molecule has 0 amide bonds. The van der Waals surface area contributed by atoms with E-state index in [-0.39, 0.29) is 5.75 Å². The van der Waals surface area contributed by atoms with Gasteiger partial charge in [-0.3, -0.25) is 0 Å². The highest BCUT2D eigenvalue weighted by Crippen LogP contribution is 2.20. The number of rotatable bonds is 5. The van der Waals surface area contributed by atoms with E-state index < -0.39 is 10.0 Å². The van der Waals surface area contributed by atoms with Gasteiger partial charge in [-0.1, -0.05) is 0 Å². The average Bonchev–Trinajstić information content (AvgIpc) is 2.33. The van der Waals surface area contributed by atoms with Crippen LogP contribution in [-0.2, 0) is 10.0 Å². The van der Waals surface area contributed by atoms with Crippen LogP contribution in [-0.4, -0.2) is 30.7 Å². The van der Waals surface area contributed by atoms with Gasteiger partial charge in [-0.2, -0.15) is 0 Å². The van der Waals surface area contributed by atoms with Crippen LogP contribution in [0.2, 0.25) is 0 Å². The van der Waals surface area contributed by atoms with Crippen molar-refractivity contribution in [3.8, 4) is 0 Å². The van der Waals surface area contributed by atoms with Crippen LogP contribution in [0.1, 0.15) is 6.42 Å². The Morgan fingerprint density at radius 3 is 2.79 bits per heavy atom. The molecule has 0 aliphatic heterocycles. The maximum Gasteiger partial charge on any atom is 0.209 e. The number of sulfonamides is 1. The Morgan fingerprint density at radius 1 is 1.26 bits per heavy atom. The third kappa shape index (κ3) is 3.76. The number of fused-ring (bicyclic) bond motifs is 1. The summed E-state index contributed by atoms with van der Waals surface area (Å²) < 4.78 is 21.6. The third-order valence-corrected chi connectivity index (χ3v) is 3.42. The van der Waals surface area contributed by atoms with E-state index in [4.69, 9.17) is 10.9 Å². The maximum absolute atomic E-state index is 10.8. The number of anilines is 2. The standard InChI is InChI=1S/C11H15N5O2S/c12-8-2-3-9-10(6-8)15-7-16-11(9)14-4-1-5-19(13,17)18/h2-3,6-7H,1,4-5,12H2,(H2,13,17,18)(H,14,15,16). The molecular formula is C11H15N5O2S. The molecule has 2 aromatic rings. The maximum atomic E-state index is 10.8. The molecule has 102 valence electrons. The fraction of sp³-hybridized carbons (Fsp3) is 0.273. The third-order valence-electron chi connectivity index (χ3n) is 2.56. The quantitative estimate of drug-likeness (QED) is 0.535. The number of benzene rings is 1. The van der Waals surface area contributed by atoms with Gasteiger partial charge in [0.2, 0.25) is 10.0 Å². The minimum absolute atomic E-state index is 0.0596. The number of nitrogens with one attached hydrogen (secondary N) is 1. The predicted molar refractivity (Wildman–Crippen MR) is 75.0 cm³/mol. The molecule has 0 fully saturated rings. The van der Waals surface area contributed by atoms with Gasteiger partial charge in [0.1, 0.15) is 12.1 Å². The second-order valence-electron chi connectivity index (χ2n) is 4.15. The number of hydrogen-bond acceptors (Lipinski definition) is 6. The van der Waals surface area contributed by atoms with Crippen LogP contribution in [0.3, 0.4) is 0 Å². The molecule has 0 unspecified atom stereocenters. The fourth-order valence-corrected chi connectivity index (χ4v) is 2.24. The minimum Gasteiger partial charge on any atom is -0.399 e. The Hall–Kier alpha value is -1.93. The van der Waals surface area contributed by atoms with Crippen LogP contribution >= 0.6 is 0 Å². The first-order valence-corrected chi connectivity index (χ1v) is 7.42. The van der Waals surface area contributed by atoms with E-state index in [2.05, 4.69) is 15.3 Å². The van der Waals surface area contributed by atoms with E-state index in [1.165, 1.54) is 6.33 Å². The average molecular weight is 281 g/mol. The van der Waals surface area contributed by atoms with Crippen LogP contribution in [0.5, 0.6) is 0 Å². The lowest BCUT2D eigenvalue weighted by Crippen LogP contribution is -2.18. The van der Waals surface area contributed by atoms with E-state index in [9.17, 15) is 8.42 Å². The summed E-state index contributed by atoms with van der Waals surface area (Å²) in [6, 6.07) is 5.35. The van der Waals surface area contributed by atoms with Gasteiger partial charge >= 0.3 is 0 Å². The second-order valence-corrected chi connectivity index (χ2v) is 5.88. The molecular weight excluding hydrogens is 266 g/mol. The molecule has 5 N–H and O–H groups in total. The Labute approximate surface area is 111 Å². The molecule has 1 heterocycles. The van der Waals surface area contributed by atoms with Crippen molar-refractivity contribution in [3.63, 3.8) is 0 Å². The number of aromatic nitrogens is 2. The van der Waals surface area contributed by atoms with Gasteiger partial charge in [-0.05, 0) is 24.6 Å². The molecule has 8 heteroatoms. The van der Waals surface area contributed by atoms with Gasteiger partial charge in [0.05, 0.1) is 11.3 Å². The van der Waals surface area contributed by atoms with Crippen molar-refractivity contribution >= 4 is 32.4 Å². The first kappa shape index (κ1) is 13.5. The highest BCUT2D eigenvalue weighted by Gasteiger charge is 2.05. The molecule has 0 bridgehead atoms. The molecule has 0 atom stereocenters. The Balaban J connectivity index is 2.09. The SMILES string of the molecule is Nc1ccc2c(NCCCS(N)(=O)=O)ncnc2c1. The van der Waals surface area contributed by atoms with Gasteiger partial charge in [0.25, 0.3) is 0 Å². The summed E-state index contributed by atoms with van der Waals surface area (Å²) in [5, 5.41) is 8.83. The van der Waals surface area contributed by atoms with Crippen LogP contribution in [0.25, 0.3) is 10.9 Å². The summed E-state index contributed by atoms with van der Waals surface area (Å²) in [5.41, 5.74) is 7.05. The summed E-state index contributed by atoms with van der Waals surface area (Å²) in [4.78, 5) is 8.25. The topological polar surface area (TPSA) is 124 Å². The molecule has 0 saturated heterocycles. The van der Waals surface area contributed by atoms with Gasteiger partial charge in [0.15, 0.2) is 0 Å². The summed E-state index contributed by atoms with van der Waals surface area (Å²) in [5.74, 6) is 0.593. The van der Waals surface area contributed by atoms with Crippen LogP contribution in [0.4, 0.5) is 11.5 Å². The van der Waals surface area contributed by atoms with Crippen LogP contribution in [0, 0.1) is 0 Å². The molecule has 2 rings (SSSR count). The van der Waals surface area contributed by atoms with Crippen molar-refractivity contribution < 1.29 is 8.42 Å². The molecule has 0 spiro atoms. The zero-order valence-electron chi connectivity index (χ0n) is 10.2. The summed E-state index contributed by atoms with van der Waals surface area (Å²) in [7, 11) is -3.42. The highest BCUT2D eigenvalue weighted by atomic mass is 32.2. The lowest BCUT2D eigenvalue weighted by atomic mass is 10.2. The van der Waals surface area contributed by atoms with Crippen molar-refractivity contribution in [2.45, 2.75) is 6.42 Å². The molecule has 1 aromatic carbocycles. The molecule has 7 nitrogen and oxygen atoms in total. The van der Waals surface area contributed by atoms with Crippen LogP contribution < -0.4 is 16.2 Å². The zero-order valence-corrected chi connectivity index (χ0v) is 11.0. The predicted octanol–water partition coefficient (Wildman–Crippen LogP) is 0.303. The normalized spacial score (nSPS) is 11.6. The van der Waals surface area contributed by atoms with Crippen LogP contribution in [0.15, 0.2) is 24.5 Å². The highest BCUT2D eigenvalue weighted by molar-refractivity contribution is 7.89. The molecule has 19 heavy (non-hydrogen) atoms. The summed E-state index contributed by atoms with van der Waals surface area (Å²) in [6.07, 6.45) is 1.85. The molecule has 1 aromatic heterocycles.